The molecule has 5 heteroatoms. The summed E-state index contributed by atoms with van der Waals surface area (Å²) in [7, 11) is 1.61. The number of nitrogens with zero attached hydrogens (tertiary/aromatic N) is 1. The zero-order valence-electron chi connectivity index (χ0n) is 5.75. The molecule has 1 atom stereocenters. The zero-order chi connectivity index (χ0) is 7.28. The maximum atomic E-state index is 10.5. The van der Waals surface area contributed by atoms with Crippen molar-refractivity contribution in [2.75, 3.05) is 7.05 Å². The van der Waals surface area contributed by atoms with Crippen molar-refractivity contribution in [2.24, 2.45) is 0 Å². The molecule has 0 heterocycles. The Bertz CT molecular complexity index is 143. The van der Waals surface area contributed by atoms with Crippen LogP contribution in [0.5, 0.6) is 0 Å². The Morgan fingerprint density at radius 1 is 1.80 bits per heavy atom. The maximum Gasteiger partial charge on any atom is 0.338 e. The zero-order valence-corrected chi connectivity index (χ0v) is 6.57. The van der Waals surface area contributed by atoms with Crippen molar-refractivity contribution in [3.05, 3.63) is 0 Å². The summed E-state index contributed by atoms with van der Waals surface area (Å²) >= 11 is 0. The van der Waals surface area contributed by atoms with Gasteiger partial charge in [0, 0.05) is 0 Å². The van der Waals surface area contributed by atoms with Crippen LogP contribution in [0.1, 0.15) is 6.92 Å². The second kappa shape index (κ2) is 6.33. The molecule has 0 aliphatic rings. The van der Waals surface area contributed by atoms with Crippen LogP contribution in [0.2, 0.25) is 0 Å². The molecule has 0 aliphatic heterocycles. The van der Waals surface area contributed by atoms with Gasteiger partial charge in [-0.15, -0.1) is 17.7 Å². The molecule has 0 amide bonds. The van der Waals surface area contributed by atoms with E-state index in [1.807, 2.05) is 0 Å². The van der Waals surface area contributed by atoms with Gasteiger partial charge in [0.1, 0.15) is 6.04 Å². The Hall–Kier alpha value is -0.790. The van der Waals surface area contributed by atoms with E-state index < -0.39 is 12.0 Å². The molecule has 0 aromatic rings. The minimum Gasteiger partial charge on any atom is -0.350 e. The minimum absolute atomic E-state index is 0. The number of rotatable bonds is 2. The fourth-order valence-corrected chi connectivity index (χ4v) is 0.251. The van der Waals surface area contributed by atoms with Gasteiger partial charge in [-0.2, -0.15) is 0 Å². The van der Waals surface area contributed by atoms with Crippen LogP contribution in [0.3, 0.4) is 0 Å². The predicted molar refractivity (Wildman–Crippen MR) is 37.5 cm³/mol. The van der Waals surface area contributed by atoms with Crippen molar-refractivity contribution in [2.45, 2.75) is 13.0 Å². The molecule has 0 saturated heterocycles. The van der Waals surface area contributed by atoms with Gasteiger partial charge in [0.05, 0.1) is 0 Å². The number of nitrogens with one attached hydrogen (secondary N) is 1. The SMILES string of the molecule is CNC(C)C(=O)OC#N.Cl. The van der Waals surface area contributed by atoms with Gasteiger partial charge in [0.25, 0.3) is 6.26 Å². The van der Waals surface area contributed by atoms with E-state index in [2.05, 4.69) is 10.1 Å². The van der Waals surface area contributed by atoms with Crippen molar-refractivity contribution in [1.29, 1.82) is 5.26 Å². The molecule has 0 spiro atoms. The van der Waals surface area contributed by atoms with Gasteiger partial charge >= 0.3 is 5.97 Å². The molecule has 0 saturated carbocycles. The van der Waals surface area contributed by atoms with E-state index in [4.69, 9.17) is 5.26 Å². The summed E-state index contributed by atoms with van der Waals surface area (Å²) in [5.41, 5.74) is 0. The van der Waals surface area contributed by atoms with Crippen molar-refractivity contribution in [3.8, 4) is 6.26 Å². The van der Waals surface area contributed by atoms with Crippen LogP contribution in [-0.2, 0) is 9.53 Å². The van der Waals surface area contributed by atoms with Gasteiger partial charge in [-0.05, 0) is 14.0 Å². The Morgan fingerprint density at radius 2 is 2.30 bits per heavy atom. The first-order valence-corrected chi connectivity index (χ1v) is 2.49. The Kier molecular flexibility index (Phi) is 7.56. The van der Waals surface area contributed by atoms with Crippen LogP contribution >= 0.6 is 12.4 Å². The Labute approximate surface area is 65.6 Å². The third-order valence-electron chi connectivity index (χ3n) is 0.933. The molecule has 58 valence electrons. The molecule has 4 nitrogen and oxygen atoms in total. The lowest BCUT2D eigenvalue weighted by atomic mass is 10.4. The highest BCUT2D eigenvalue weighted by molar-refractivity contribution is 5.85. The second-order valence-electron chi connectivity index (χ2n) is 1.52. The molecule has 10 heavy (non-hydrogen) atoms. The predicted octanol–water partition coefficient (Wildman–Crippen LogP) is 0.0404. The van der Waals surface area contributed by atoms with E-state index >= 15 is 0 Å². The quantitative estimate of drug-likeness (QED) is 0.463. The number of carbonyl (C=O) groups excluding carboxylic acids is 1. The van der Waals surface area contributed by atoms with E-state index in [-0.39, 0.29) is 12.4 Å². The van der Waals surface area contributed by atoms with E-state index in [1.54, 1.807) is 14.0 Å². The molecular formula is C5H9ClN2O2. The number of nitriles is 1. The fraction of sp³-hybridized carbons (Fsp3) is 0.600. The molecule has 1 unspecified atom stereocenters. The molecule has 0 aromatic heterocycles. The van der Waals surface area contributed by atoms with Gasteiger partial charge in [-0.3, -0.25) is 0 Å². The van der Waals surface area contributed by atoms with E-state index in [1.165, 1.54) is 6.26 Å². The fourth-order valence-electron chi connectivity index (χ4n) is 0.251. The first-order valence-electron chi connectivity index (χ1n) is 2.49. The van der Waals surface area contributed by atoms with Crippen LogP contribution < -0.4 is 5.32 Å². The van der Waals surface area contributed by atoms with E-state index in [0.29, 0.717) is 0 Å². The lowest BCUT2D eigenvalue weighted by molar-refractivity contribution is -0.138. The van der Waals surface area contributed by atoms with Crippen LogP contribution in [0, 0.1) is 11.5 Å². The largest absolute Gasteiger partial charge is 0.350 e. The smallest absolute Gasteiger partial charge is 0.338 e. The van der Waals surface area contributed by atoms with E-state index in [9.17, 15) is 4.79 Å². The first kappa shape index (κ1) is 11.9. The number of halogens is 1. The molecule has 1 N–H and O–H groups in total. The monoisotopic (exact) mass is 164 g/mol. The van der Waals surface area contributed by atoms with Crippen LogP contribution in [0.25, 0.3) is 0 Å². The summed E-state index contributed by atoms with van der Waals surface area (Å²) in [4.78, 5) is 10.5. The standard InChI is InChI=1S/C5H8N2O2.ClH/c1-4(7-2)5(8)9-3-6;/h4,7H,1-2H3;1H. The molecule has 0 rings (SSSR count). The second-order valence-corrected chi connectivity index (χ2v) is 1.52. The highest BCUT2D eigenvalue weighted by Gasteiger charge is 2.10. The number of likely N-dealkylation sites (N-methyl/N-ethyl adjacent to an activating group) is 1. The Balaban J connectivity index is 0. The highest BCUT2D eigenvalue weighted by atomic mass is 35.5. The summed E-state index contributed by atoms with van der Waals surface area (Å²) in [5.74, 6) is -0.556. The van der Waals surface area contributed by atoms with Crippen LogP contribution in [0.4, 0.5) is 0 Å². The molecule has 0 aliphatic carbocycles. The lowest BCUT2D eigenvalue weighted by Crippen LogP contribution is -2.31. The summed E-state index contributed by atoms with van der Waals surface area (Å²) < 4.78 is 4.00. The number of ether oxygens (including phenoxy) is 1. The first-order chi connectivity index (χ1) is 4.22. The summed E-state index contributed by atoms with van der Waals surface area (Å²) in [6.07, 6.45) is 1.29. The lowest BCUT2D eigenvalue weighted by Gasteiger charge is -2.02. The van der Waals surface area contributed by atoms with Gasteiger partial charge in [0.2, 0.25) is 0 Å². The minimum atomic E-state index is -0.556. The van der Waals surface area contributed by atoms with Gasteiger partial charge < -0.3 is 10.1 Å². The third-order valence-corrected chi connectivity index (χ3v) is 0.933. The van der Waals surface area contributed by atoms with Gasteiger partial charge in [-0.25, -0.2) is 4.79 Å². The van der Waals surface area contributed by atoms with E-state index in [0.717, 1.165) is 0 Å². The molecule has 0 radical (unpaired) electrons. The van der Waals surface area contributed by atoms with Crippen molar-refractivity contribution < 1.29 is 9.53 Å². The summed E-state index contributed by atoms with van der Waals surface area (Å²) in [6, 6.07) is -0.412. The molecule has 0 bridgehead atoms. The number of carbonyl (C=O) groups is 1. The number of esters is 1. The Morgan fingerprint density at radius 3 is 2.60 bits per heavy atom. The molecule has 0 fully saturated rings. The number of hydrogen-bond acceptors (Lipinski definition) is 4. The van der Waals surface area contributed by atoms with Crippen molar-refractivity contribution in [3.63, 3.8) is 0 Å². The molecular weight excluding hydrogens is 156 g/mol. The normalized spacial score (nSPS) is 10.5. The molecule has 0 aromatic carbocycles. The summed E-state index contributed by atoms with van der Waals surface area (Å²) in [6.45, 7) is 1.61. The van der Waals surface area contributed by atoms with Crippen LogP contribution in [0.15, 0.2) is 0 Å². The van der Waals surface area contributed by atoms with Crippen molar-refractivity contribution >= 4 is 18.4 Å². The maximum absolute atomic E-state index is 10.5. The third kappa shape index (κ3) is 4.13. The highest BCUT2D eigenvalue weighted by Crippen LogP contribution is 1.83. The topological polar surface area (TPSA) is 62.1 Å². The van der Waals surface area contributed by atoms with Crippen LogP contribution in [-0.4, -0.2) is 19.1 Å². The number of hydrogen-bond donors (Lipinski definition) is 1. The van der Waals surface area contributed by atoms with Gasteiger partial charge in [-0.1, -0.05) is 0 Å². The van der Waals surface area contributed by atoms with Crippen molar-refractivity contribution in [1.82, 2.24) is 5.32 Å². The summed E-state index contributed by atoms with van der Waals surface area (Å²) in [5, 5.41) is 10.5. The van der Waals surface area contributed by atoms with Gasteiger partial charge in [0.15, 0.2) is 0 Å². The average Bonchev–Trinajstić information content (AvgIpc) is 1.87. The average molecular weight is 165 g/mol.